The standard InChI is InChI=1S/C6H8S2.C6H8S.C4H8.C3H8.CH4/c1-4-3-6(7)8-5(4)2;1-4-3-6(7)5(4)2;1-3-4-2;1-3-2;/h3H2,1-2H3;3H2,1-2H3;3-4H,1-2H3;3H2,1-2H3;1H4. The molecule has 0 radical (unpaired) electrons. The molecule has 23 heavy (non-hydrogen) atoms. The zero-order valence-electron chi connectivity index (χ0n) is 15.5. The van der Waals surface area contributed by atoms with E-state index in [0.717, 1.165) is 21.9 Å². The number of allylic oxidation sites excluding steroid dienone is 6. The van der Waals surface area contributed by atoms with Gasteiger partial charge in [-0.3, -0.25) is 0 Å². The molecule has 0 bridgehead atoms. The van der Waals surface area contributed by atoms with Gasteiger partial charge in [-0.25, -0.2) is 0 Å². The highest BCUT2D eigenvalue weighted by atomic mass is 32.2. The number of rotatable bonds is 0. The maximum absolute atomic E-state index is 4.99. The summed E-state index contributed by atoms with van der Waals surface area (Å²) in [6, 6.07) is 0. The molecular formula is C20H36S3. The van der Waals surface area contributed by atoms with Crippen molar-refractivity contribution < 1.29 is 0 Å². The van der Waals surface area contributed by atoms with Crippen LogP contribution in [0.2, 0.25) is 0 Å². The number of thioether (sulfide) groups is 1. The SMILES string of the molecule is C.CC1=C(C)C(=S)C1.CC1=C(C)SC(=S)C1.CC=CC.CCC. The molecule has 0 aromatic rings. The van der Waals surface area contributed by atoms with E-state index in [1.807, 2.05) is 26.0 Å². The summed E-state index contributed by atoms with van der Waals surface area (Å²) in [6.07, 6.45) is 7.35. The predicted molar refractivity (Wildman–Crippen MR) is 122 cm³/mol. The van der Waals surface area contributed by atoms with E-state index in [-0.39, 0.29) is 7.43 Å². The topological polar surface area (TPSA) is 0 Å². The smallest absolute Gasteiger partial charge is 0.0564 e. The second-order valence-corrected chi connectivity index (χ2v) is 7.92. The highest BCUT2D eigenvalue weighted by Crippen LogP contribution is 2.32. The molecule has 0 amide bonds. The molecule has 2 rings (SSSR count). The summed E-state index contributed by atoms with van der Waals surface area (Å²) in [5, 5.41) is 0. The summed E-state index contributed by atoms with van der Waals surface area (Å²) >= 11 is 11.7. The monoisotopic (exact) mass is 372 g/mol. The van der Waals surface area contributed by atoms with Gasteiger partial charge in [0.1, 0.15) is 0 Å². The van der Waals surface area contributed by atoms with E-state index in [1.54, 1.807) is 11.8 Å². The lowest BCUT2D eigenvalue weighted by molar-refractivity contribution is 1.09. The second-order valence-electron chi connectivity index (χ2n) is 5.37. The molecule has 2 aliphatic rings. The summed E-state index contributed by atoms with van der Waals surface area (Å²) in [5.41, 5.74) is 4.25. The Balaban J connectivity index is -0.000000246. The van der Waals surface area contributed by atoms with Crippen LogP contribution in [-0.2, 0) is 0 Å². The quantitative estimate of drug-likeness (QED) is 0.309. The molecule has 0 atom stereocenters. The lowest BCUT2D eigenvalue weighted by atomic mass is 9.91. The Hall–Kier alpha value is -0.250. The van der Waals surface area contributed by atoms with E-state index in [4.69, 9.17) is 24.4 Å². The van der Waals surface area contributed by atoms with Gasteiger partial charge >= 0.3 is 0 Å². The van der Waals surface area contributed by atoms with Crippen LogP contribution in [-0.4, -0.2) is 9.06 Å². The van der Waals surface area contributed by atoms with Crippen LogP contribution in [0.15, 0.2) is 33.8 Å². The fourth-order valence-corrected chi connectivity index (χ4v) is 3.13. The van der Waals surface area contributed by atoms with Crippen molar-refractivity contribution in [1.82, 2.24) is 0 Å². The van der Waals surface area contributed by atoms with Crippen LogP contribution in [0.4, 0.5) is 0 Å². The minimum atomic E-state index is 0. The van der Waals surface area contributed by atoms with Gasteiger partial charge in [0.15, 0.2) is 0 Å². The van der Waals surface area contributed by atoms with E-state index in [9.17, 15) is 0 Å². The number of hydrogen-bond donors (Lipinski definition) is 0. The van der Waals surface area contributed by atoms with Crippen molar-refractivity contribution in [2.24, 2.45) is 0 Å². The minimum Gasteiger partial charge on any atom is -0.0919 e. The fourth-order valence-electron chi connectivity index (χ4n) is 1.27. The molecule has 1 aliphatic heterocycles. The van der Waals surface area contributed by atoms with Crippen molar-refractivity contribution >= 4 is 45.3 Å². The normalized spacial score (nSPS) is 15.7. The Labute approximate surface area is 160 Å². The minimum absolute atomic E-state index is 0. The molecule has 1 heterocycles. The Morgan fingerprint density at radius 3 is 1.39 bits per heavy atom. The van der Waals surface area contributed by atoms with Gasteiger partial charge in [0.2, 0.25) is 0 Å². The van der Waals surface area contributed by atoms with Crippen molar-refractivity contribution in [2.75, 3.05) is 0 Å². The van der Waals surface area contributed by atoms with Crippen LogP contribution in [0.3, 0.4) is 0 Å². The summed E-state index contributed by atoms with van der Waals surface area (Å²) in [4.78, 5) is 2.55. The largest absolute Gasteiger partial charge is 0.0919 e. The van der Waals surface area contributed by atoms with Crippen LogP contribution in [0.25, 0.3) is 0 Å². The fraction of sp³-hybridized carbons (Fsp3) is 0.600. The molecule has 3 heteroatoms. The lowest BCUT2D eigenvalue weighted by Gasteiger charge is -2.17. The van der Waals surface area contributed by atoms with E-state index >= 15 is 0 Å². The summed E-state index contributed by atoms with van der Waals surface area (Å²) in [7, 11) is 0. The zero-order chi connectivity index (χ0) is 17.7. The molecule has 0 saturated carbocycles. The third-order valence-electron chi connectivity index (χ3n) is 3.09. The highest BCUT2D eigenvalue weighted by molar-refractivity contribution is 8.26. The number of thiocarbonyl (C=S) groups is 2. The molecule has 134 valence electrons. The Morgan fingerprint density at radius 1 is 0.913 bits per heavy atom. The molecule has 0 aromatic heterocycles. The van der Waals surface area contributed by atoms with Gasteiger partial charge in [-0.05, 0) is 52.0 Å². The third kappa shape index (κ3) is 13.8. The maximum Gasteiger partial charge on any atom is 0.0564 e. The van der Waals surface area contributed by atoms with Crippen molar-refractivity contribution in [1.29, 1.82) is 0 Å². The molecule has 0 fully saturated rings. The Morgan fingerprint density at radius 2 is 1.35 bits per heavy atom. The molecule has 1 aliphatic carbocycles. The average molecular weight is 373 g/mol. The van der Waals surface area contributed by atoms with Gasteiger partial charge < -0.3 is 0 Å². The summed E-state index contributed by atoms with van der Waals surface area (Å²) in [5.74, 6) is 0. The molecular weight excluding hydrogens is 336 g/mol. The van der Waals surface area contributed by atoms with Gasteiger partial charge in [-0.1, -0.05) is 87.2 Å². The van der Waals surface area contributed by atoms with Gasteiger partial charge in [-0.2, -0.15) is 0 Å². The third-order valence-corrected chi connectivity index (χ3v) is 4.97. The first kappa shape index (κ1) is 27.6. The van der Waals surface area contributed by atoms with Crippen LogP contribution in [0.1, 0.15) is 82.1 Å². The van der Waals surface area contributed by atoms with Crippen molar-refractivity contribution in [3.05, 3.63) is 33.8 Å². The van der Waals surface area contributed by atoms with E-state index in [2.05, 4.69) is 41.5 Å². The molecule has 0 spiro atoms. The van der Waals surface area contributed by atoms with Crippen LogP contribution < -0.4 is 0 Å². The van der Waals surface area contributed by atoms with E-state index < -0.39 is 0 Å². The van der Waals surface area contributed by atoms with Gasteiger partial charge in [-0.15, -0.1) is 0 Å². The van der Waals surface area contributed by atoms with Gasteiger partial charge in [0.25, 0.3) is 0 Å². The molecule has 0 N–H and O–H groups in total. The molecule has 0 saturated heterocycles. The first-order chi connectivity index (χ1) is 10.2. The second kappa shape index (κ2) is 16.6. The lowest BCUT2D eigenvalue weighted by Crippen LogP contribution is -2.10. The van der Waals surface area contributed by atoms with Gasteiger partial charge in [0.05, 0.1) is 4.20 Å². The van der Waals surface area contributed by atoms with Crippen LogP contribution >= 0.6 is 36.2 Å². The van der Waals surface area contributed by atoms with Crippen molar-refractivity contribution in [2.45, 2.75) is 82.1 Å². The van der Waals surface area contributed by atoms with Crippen molar-refractivity contribution in [3.63, 3.8) is 0 Å². The predicted octanol–water partition coefficient (Wildman–Crippen LogP) is 8.48. The van der Waals surface area contributed by atoms with Gasteiger partial charge in [0, 0.05) is 17.7 Å². The number of hydrogen-bond acceptors (Lipinski definition) is 3. The first-order valence-corrected chi connectivity index (χ1v) is 9.52. The van der Waals surface area contributed by atoms with E-state index in [0.29, 0.717) is 0 Å². The molecule has 0 nitrogen and oxygen atoms in total. The zero-order valence-corrected chi connectivity index (χ0v) is 18.0. The summed E-state index contributed by atoms with van der Waals surface area (Å²) in [6.45, 7) is 16.7. The van der Waals surface area contributed by atoms with E-state index in [1.165, 1.54) is 28.0 Å². The first-order valence-electron chi connectivity index (χ1n) is 7.88. The molecule has 0 aromatic carbocycles. The maximum atomic E-state index is 4.99. The Kier molecular flexibility index (Phi) is 19.9. The van der Waals surface area contributed by atoms with Crippen LogP contribution in [0.5, 0.6) is 0 Å². The average Bonchev–Trinajstić information content (AvgIpc) is 2.77. The Bertz CT molecular complexity index is 432. The van der Waals surface area contributed by atoms with Crippen LogP contribution in [0, 0.1) is 0 Å². The molecule has 0 unspecified atom stereocenters. The highest BCUT2D eigenvalue weighted by Gasteiger charge is 2.13. The summed E-state index contributed by atoms with van der Waals surface area (Å²) < 4.78 is 1.13. The van der Waals surface area contributed by atoms with Crippen molar-refractivity contribution in [3.8, 4) is 0 Å².